The van der Waals surface area contributed by atoms with Crippen LogP contribution in [0.2, 0.25) is 0 Å². The summed E-state index contributed by atoms with van der Waals surface area (Å²) in [6.07, 6.45) is 1.53. The van der Waals surface area contributed by atoms with E-state index in [4.69, 9.17) is 4.74 Å². The molecule has 7 nitrogen and oxygen atoms in total. The first-order valence-corrected chi connectivity index (χ1v) is 9.84. The topological polar surface area (TPSA) is 79.4 Å². The molecule has 1 aliphatic rings. The summed E-state index contributed by atoms with van der Waals surface area (Å²) in [4.78, 5) is 23.2. The third kappa shape index (κ3) is 4.64. The summed E-state index contributed by atoms with van der Waals surface area (Å²) in [6.45, 7) is 3.26. The van der Waals surface area contributed by atoms with E-state index in [-0.39, 0.29) is 5.91 Å². The molecule has 0 saturated carbocycles. The van der Waals surface area contributed by atoms with E-state index in [1.807, 2.05) is 42.5 Å². The Bertz CT molecular complexity index is 974. The molecule has 1 saturated heterocycles. The van der Waals surface area contributed by atoms with Crippen molar-refractivity contribution in [3.63, 3.8) is 0 Å². The second-order valence-corrected chi connectivity index (χ2v) is 7.44. The van der Waals surface area contributed by atoms with E-state index < -0.39 is 0 Å². The van der Waals surface area contributed by atoms with E-state index in [0.717, 1.165) is 39.8 Å². The summed E-state index contributed by atoms with van der Waals surface area (Å²) in [5.74, 6) is 0.650. The molecule has 0 atom stereocenters. The van der Waals surface area contributed by atoms with Crippen LogP contribution in [-0.4, -0.2) is 53.6 Å². The highest BCUT2D eigenvalue weighted by molar-refractivity contribution is 9.10. The zero-order chi connectivity index (χ0) is 19.3. The molecule has 2 N–H and O–H groups in total. The Morgan fingerprint density at radius 1 is 1.07 bits per heavy atom. The lowest BCUT2D eigenvalue weighted by atomic mass is 10.2. The number of nitrogens with zero attached hydrogens (tertiary/aromatic N) is 3. The largest absolute Gasteiger partial charge is 0.379 e. The van der Waals surface area contributed by atoms with Crippen molar-refractivity contribution in [3.8, 4) is 0 Å². The lowest BCUT2D eigenvalue weighted by molar-refractivity contribution is -0.118. The molecule has 2 heterocycles. The second kappa shape index (κ2) is 8.64. The van der Waals surface area contributed by atoms with E-state index in [9.17, 15) is 4.79 Å². The van der Waals surface area contributed by atoms with Gasteiger partial charge in [-0.15, -0.1) is 0 Å². The van der Waals surface area contributed by atoms with Crippen LogP contribution in [0.4, 0.5) is 17.2 Å². The van der Waals surface area contributed by atoms with Gasteiger partial charge < -0.3 is 15.4 Å². The van der Waals surface area contributed by atoms with Crippen molar-refractivity contribution in [2.24, 2.45) is 0 Å². The number of nitrogens with one attached hydrogen (secondary N) is 2. The standard InChI is InChI=1S/C20H20BrN5O2/c21-14-1-3-15(4-2-14)25-20-17-11-16(5-6-18(17)22-13-23-20)24-19(27)12-26-7-9-28-10-8-26/h1-6,11,13H,7-10,12H2,(H,24,27)(H,22,23,25). The maximum Gasteiger partial charge on any atom is 0.238 e. The van der Waals surface area contributed by atoms with Gasteiger partial charge in [-0.05, 0) is 42.5 Å². The third-order valence-electron chi connectivity index (χ3n) is 4.50. The molecular weight excluding hydrogens is 422 g/mol. The van der Waals surface area contributed by atoms with Gasteiger partial charge in [0.25, 0.3) is 0 Å². The maximum absolute atomic E-state index is 12.4. The Kier molecular flexibility index (Phi) is 5.80. The number of morpholine rings is 1. The minimum Gasteiger partial charge on any atom is -0.379 e. The quantitative estimate of drug-likeness (QED) is 0.631. The van der Waals surface area contributed by atoms with Crippen LogP contribution in [0.1, 0.15) is 0 Å². The average Bonchev–Trinajstić information content (AvgIpc) is 2.71. The predicted molar refractivity (Wildman–Crippen MR) is 113 cm³/mol. The van der Waals surface area contributed by atoms with Crippen LogP contribution in [0.15, 0.2) is 53.3 Å². The van der Waals surface area contributed by atoms with E-state index >= 15 is 0 Å². The molecule has 1 aliphatic heterocycles. The first-order valence-electron chi connectivity index (χ1n) is 9.05. The SMILES string of the molecule is O=C(CN1CCOCC1)Nc1ccc2ncnc(Nc3ccc(Br)cc3)c2c1. The van der Waals surface area contributed by atoms with Crippen molar-refractivity contribution >= 4 is 49.9 Å². The Labute approximate surface area is 171 Å². The zero-order valence-corrected chi connectivity index (χ0v) is 16.8. The molecular formula is C20H20BrN5O2. The number of hydrogen-bond donors (Lipinski definition) is 2. The van der Waals surface area contributed by atoms with Gasteiger partial charge in [0, 0.05) is 34.3 Å². The van der Waals surface area contributed by atoms with Gasteiger partial charge >= 0.3 is 0 Å². The molecule has 2 aromatic carbocycles. The van der Waals surface area contributed by atoms with Crippen molar-refractivity contribution < 1.29 is 9.53 Å². The number of fused-ring (bicyclic) bond motifs is 1. The number of anilines is 3. The van der Waals surface area contributed by atoms with Crippen LogP contribution < -0.4 is 10.6 Å². The summed E-state index contributed by atoms with van der Waals surface area (Å²) in [5, 5.41) is 7.12. The van der Waals surface area contributed by atoms with E-state index in [1.54, 1.807) is 0 Å². The number of amides is 1. The van der Waals surface area contributed by atoms with Gasteiger partial charge in [0.15, 0.2) is 0 Å². The highest BCUT2D eigenvalue weighted by Crippen LogP contribution is 2.26. The fourth-order valence-electron chi connectivity index (χ4n) is 3.07. The van der Waals surface area contributed by atoms with Crippen molar-refractivity contribution in [2.75, 3.05) is 43.5 Å². The van der Waals surface area contributed by atoms with Gasteiger partial charge in [-0.25, -0.2) is 9.97 Å². The number of aromatic nitrogens is 2. The van der Waals surface area contributed by atoms with Crippen LogP contribution in [-0.2, 0) is 9.53 Å². The number of rotatable bonds is 5. The van der Waals surface area contributed by atoms with Crippen molar-refractivity contribution in [1.82, 2.24) is 14.9 Å². The summed E-state index contributed by atoms with van der Waals surface area (Å²) < 4.78 is 6.33. The van der Waals surface area contributed by atoms with E-state index in [1.165, 1.54) is 6.33 Å². The van der Waals surface area contributed by atoms with Gasteiger partial charge in [0.1, 0.15) is 12.1 Å². The molecule has 1 aromatic heterocycles. The number of halogens is 1. The number of carbonyl (C=O) groups excluding carboxylic acids is 1. The normalized spacial score (nSPS) is 14.8. The average molecular weight is 442 g/mol. The van der Waals surface area contributed by atoms with E-state index in [2.05, 4.69) is 41.4 Å². The smallest absolute Gasteiger partial charge is 0.238 e. The van der Waals surface area contributed by atoms with Crippen molar-refractivity contribution in [2.45, 2.75) is 0 Å². The Hall–Kier alpha value is -2.55. The Balaban J connectivity index is 1.52. The molecule has 28 heavy (non-hydrogen) atoms. The Morgan fingerprint density at radius 3 is 2.61 bits per heavy atom. The van der Waals surface area contributed by atoms with Crippen molar-refractivity contribution in [1.29, 1.82) is 0 Å². The van der Waals surface area contributed by atoms with E-state index in [0.29, 0.717) is 25.6 Å². The van der Waals surface area contributed by atoms with Crippen LogP contribution in [0, 0.1) is 0 Å². The summed E-state index contributed by atoms with van der Waals surface area (Å²) in [7, 11) is 0. The molecule has 0 spiro atoms. The van der Waals surface area contributed by atoms with Gasteiger partial charge in [-0.2, -0.15) is 0 Å². The van der Waals surface area contributed by atoms with Crippen LogP contribution in [0.5, 0.6) is 0 Å². The number of hydrogen-bond acceptors (Lipinski definition) is 6. The maximum atomic E-state index is 12.4. The fourth-order valence-corrected chi connectivity index (χ4v) is 3.33. The van der Waals surface area contributed by atoms with Gasteiger partial charge in [0.2, 0.25) is 5.91 Å². The highest BCUT2D eigenvalue weighted by Gasteiger charge is 2.14. The summed E-state index contributed by atoms with van der Waals surface area (Å²) in [5.41, 5.74) is 2.45. The van der Waals surface area contributed by atoms with Gasteiger partial charge in [-0.3, -0.25) is 9.69 Å². The summed E-state index contributed by atoms with van der Waals surface area (Å²) >= 11 is 3.43. The zero-order valence-electron chi connectivity index (χ0n) is 15.2. The lowest BCUT2D eigenvalue weighted by Gasteiger charge is -2.25. The van der Waals surface area contributed by atoms with Crippen LogP contribution in [0.3, 0.4) is 0 Å². The minimum atomic E-state index is -0.0412. The number of ether oxygens (including phenoxy) is 1. The predicted octanol–water partition coefficient (Wildman–Crippen LogP) is 3.41. The monoisotopic (exact) mass is 441 g/mol. The molecule has 0 radical (unpaired) electrons. The number of carbonyl (C=O) groups is 1. The van der Waals surface area contributed by atoms with Crippen LogP contribution in [0.25, 0.3) is 10.9 Å². The minimum absolute atomic E-state index is 0.0412. The van der Waals surface area contributed by atoms with Crippen molar-refractivity contribution in [3.05, 3.63) is 53.3 Å². The molecule has 4 rings (SSSR count). The molecule has 8 heteroatoms. The molecule has 0 bridgehead atoms. The number of benzene rings is 2. The molecule has 1 fully saturated rings. The fraction of sp³-hybridized carbons (Fsp3) is 0.250. The molecule has 1 amide bonds. The molecule has 144 valence electrons. The molecule has 3 aromatic rings. The first kappa shape index (κ1) is 18.8. The molecule has 0 aliphatic carbocycles. The summed E-state index contributed by atoms with van der Waals surface area (Å²) in [6, 6.07) is 13.5. The Morgan fingerprint density at radius 2 is 1.82 bits per heavy atom. The lowest BCUT2D eigenvalue weighted by Crippen LogP contribution is -2.41. The van der Waals surface area contributed by atoms with Gasteiger partial charge in [-0.1, -0.05) is 15.9 Å². The first-order chi connectivity index (χ1) is 13.7. The molecule has 0 unspecified atom stereocenters. The third-order valence-corrected chi connectivity index (χ3v) is 5.03. The van der Waals surface area contributed by atoms with Crippen LogP contribution >= 0.6 is 15.9 Å². The highest BCUT2D eigenvalue weighted by atomic mass is 79.9. The second-order valence-electron chi connectivity index (χ2n) is 6.52. The van der Waals surface area contributed by atoms with Gasteiger partial charge in [0.05, 0.1) is 25.3 Å².